The molecule has 0 radical (unpaired) electrons. The van der Waals surface area contributed by atoms with Crippen molar-refractivity contribution in [1.29, 1.82) is 0 Å². The Morgan fingerprint density at radius 1 is 0.882 bits per heavy atom. The molecule has 0 atom stereocenters. The lowest BCUT2D eigenvalue weighted by molar-refractivity contribution is -0.147. The monoisotopic (exact) mass is 262 g/mol. The van der Waals surface area contributed by atoms with Crippen molar-refractivity contribution < 1.29 is 27.7 Å². The van der Waals surface area contributed by atoms with Crippen LogP contribution in [0.25, 0.3) is 0 Å². The summed E-state index contributed by atoms with van der Waals surface area (Å²) in [5.74, 6) is -1.86. The fourth-order valence-corrected chi connectivity index (χ4v) is 4.03. The molecule has 0 saturated heterocycles. The van der Waals surface area contributed by atoms with Gasteiger partial charge in [0.25, 0.3) is 17.9 Å². The Hall–Kier alpha value is -1.37. The van der Waals surface area contributed by atoms with E-state index in [4.69, 9.17) is 13.3 Å². The van der Waals surface area contributed by atoms with Gasteiger partial charge < -0.3 is 13.3 Å². The molecule has 7 heteroatoms. The van der Waals surface area contributed by atoms with Gasteiger partial charge >= 0.3 is 8.80 Å². The van der Waals surface area contributed by atoms with E-state index in [1.54, 1.807) is 0 Å². The smallest absolute Gasteiger partial charge is 0.455 e. The van der Waals surface area contributed by atoms with Gasteiger partial charge in [0.05, 0.1) is 6.04 Å². The summed E-state index contributed by atoms with van der Waals surface area (Å²) >= 11 is 0. The first-order valence-electron chi connectivity index (χ1n) is 5.25. The standard InChI is InChI=1S/C10H18O6Si/c1-7(2)6-17(14-8(3)11,15-9(4)12)16-10(5)13/h7H,6H2,1-5H3. The van der Waals surface area contributed by atoms with Crippen LogP contribution < -0.4 is 0 Å². The largest absolute Gasteiger partial charge is 0.705 e. The van der Waals surface area contributed by atoms with Gasteiger partial charge in [-0.15, -0.1) is 0 Å². The SMILES string of the molecule is CC(=O)O[Si](CC(C)C)(OC(C)=O)OC(C)=O. The van der Waals surface area contributed by atoms with E-state index in [-0.39, 0.29) is 12.0 Å². The normalized spacial score (nSPS) is 10.9. The lowest BCUT2D eigenvalue weighted by Gasteiger charge is -2.27. The van der Waals surface area contributed by atoms with Crippen LogP contribution in [-0.4, -0.2) is 26.7 Å². The highest BCUT2D eigenvalue weighted by molar-refractivity contribution is 6.65. The van der Waals surface area contributed by atoms with E-state index in [9.17, 15) is 14.4 Å². The quantitative estimate of drug-likeness (QED) is 0.694. The molecule has 0 aromatic heterocycles. The van der Waals surface area contributed by atoms with E-state index in [0.29, 0.717) is 0 Å². The Labute approximate surface area is 102 Å². The van der Waals surface area contributed by atoms with Crippen molar-refractivity contribution in [2.45, 2.75) is 40.7 Å². The summed E-state index contributed by atoms with van der Waals surface area (Å²) in [5.41, 5.74) is 0. The van der Waals surface area contributed by atoms with E-state index < -0.39 is 26.7 Å². The van der Waals surface area contributed by atoms with Crippen molar-refractivity contribution in [3.63, 3.8) is 0 Å². The molecule has 0 N–H and O–H groups in total. The maximum atomic E-state index is 11.0. The van der Waals surface area contributed by atoms with Crippen LogP contribution in [0.1, 0.15) is 34.6 Å². The van der Waals surface area contributed by atoms with Gasteiger partial charge in [0.2, 0.25) is 0 Å². The van der Waals surface area contributed by atoms with Crippen LogP contribution in [0.4, 0.5) is 0 Å². The summed E-state index contributed by atoms with van der Waals surface area (Å²) in [7, 11) is -3.60. The van der Waals surface area contributed by atoms with E-state index in [0.717, 1.165) is 0 Å². The summed E-state index contributed by atoms with van der Waals surface area (Å²) in [6, 6.07) is 0.214. The molecular formula is C10H18O6Si. The van der Waals surface area contributed by atoms with E-state index >= 15 is 0 Å². The molecule has 17 heavy (non-hydrogen) atoms. The second-order valence-corrected chi connectivity index (χ2v) is 6.45. The average molecular weight is 262 g/mol. The Kier molecular flexibility index (Phi) is 5.87. The predicted octanol–water partition coefficient (Wildman–Crippen LogP) is 1.27. The second-order valence-electron chi connectivity index (χ2n) is 4.06. The highest BCUT2D eigenvalue weighted by atomic mass is 28.4. The van der Waals surface area contributed by atoms with Crippen molar-refractivity contribution in [3.05, 3.63) is 0 Å². The summed E-state index contributed by atoms with van der Waals surface area (Å²) in [6.07, 6.45) is 0. The Morgan fingerprint density at radius 3 is 1.35 bits per heavy atom. The van der Waals surface area contributed by atoms with Gasteiger partial charge in [-0.25, -0.2) is 0 Å². The lowest BCUT2D eigenvalue weighted by atomic mass is 10.3. The molecule has 0 rings (SSSR count). The third kappa shape index (κ3) is 6.72. The van der Waals surface area contributed by atoms with Crippen molar-refractivity contribution in [2.24, 2.45) is 5.92 Å². The van der Waals surface area contributed by atoms with Crippen molar-refractivity contribution in [3.8, 4) is 0 Å². The zero-order chi connectivity index (χ0) is 13.6. The summed E-state index contributed by atoms with van der Waals surface area (Å²) in [5, 5.41) is 0. The van der Waals surface area contributed by atoms with Gasteiger partial charge in [0, 0.05) is 20.8 Å². The Morgan fingerprint density at radius 2 is 1.18 bits per heavy atom. The summed E-state index contributed by atoms with van der Waals surface area (Å²) in [6.45, 7) is 7.22. The maximum Gasteiger partial charge on any atom is 0.705 e. The van der Waals surface area contributed by atoms with Gasteiger partial charge in [-0.2, -0.15) is 0 Å². The number of carbonyl (C=O) groups is 3. The number of carbonyl (C=O) groups excluding carboxylic acids is 3. The molecule has 0 unspecified atom stereocenters. The Balaban J connectivity index is 5.09. The molecule has 0 heterocycles. The van der Waals surface area contributed by atoms with Crippen LogP contribution in [0.15, 0.2) is 0 Å². The fourth-order valence-electron chi connectivity index (χ4n) is 1.34. The number of rotatable bonds is 5. The molecule has 98 valence electrons. The van der Waals surface area contributed by atoms with Crippen LogP contribution in [0.2, 0.25) is 6.04 Å². The minimum atomic E-state index is -3.60. The molecule has 0 aliphatic heterocycles. The first kappa shape index (κ1) is 15.6. The summed E-state index contributed by atoms with van der Waals surface area (Å²) < 4.78 is 15.0. The van der Waals surface area contributed by atoms with Crippen molar-refractivity contribution in [1.82, 2.24) is 0 Å². The van der Waals surface area contributed by atoms with Crippen LogP contribution in [0.5, 0.6) is 0 Å². The van der Waals surface area contributed by atoms with Crippen LogP contribution in [0, 0.1) is 5.92 Å². The molecular weight excluding hydrogens is 244 g/mol. The molecule has 0 aromatic rings. The van der Waals surface area contributed by atoms with Crippen molar-refractivity contribution in [2.75, 3.05) is 0 Å². The molecule has 0 aliphatic carbocycles. The highest BCUT2D eigenvalue weighted by Gasteiger charge is 2.52. The average Bonchev–Trinajstić information content (AvgIpc) is 1.95. The summed E-state index contributed by atoms with van der Waals surface area (Å²) in [4.78, 5) is 33.1. The van der Waals surface area contributed by atoms with Gasteiger partial charge in [-0.3, -0.25) is 14.4 Å². The topological polar surface area (TPSA) is 78.9 Å². The first-order valence-corrected chi connectivity index (χ1v) is 7.19. The molecule has 0 amide bonds. The molecule has 0 fully saturated rings. The van der Waals surface area contributed by atoms with Gasteiger partial charge in [0.1, 0.15) is 0 Å². The van der Waals surface area contributed by atoms with E-state index in [1.165, 1.54) is 20.8 Å². The molecule has 0 aromatic carbocycles. The van der Waals surface area contributed by atoms with Crippen LogP contribution in [0.3, 0.4) is 0 Å². The van der Waals surface area contributed by atoms with Gasteiger partial charge in [-0.05, 0) is 5.92 Å². The zero-order valence-corrected chi connectivity index (χ0v) is 11.7. The third-order valence-electron chi connectivity index (χ3n) is 1.56. The fraction of sp³-hybridized carbons (Fsp3) is 0.700. The third-order valence-corrected chi connectivity index (χ3v) is 4.67. The highest BCUT2D eigenvalue weighted by Crippen LogP contribution is 2.22. The lowest BCUT2D eigenvalue weighted by Crippen LogP contribution is -2.50. The van der Waals surface area contributed by atoms with Crippen LogP contribution >= 0.6 is 0 Å². The maximum absolute atomic E-state index is 11.0. The molecule has 0 spiro atoms. The zero-order valence-electron chi connectivity index (χ0n) is 10.7. The Bertz CT molecular complexity index is 271. The molecule has 0 saturated carbocycles. The first-order chi connectivity index (χ1) is 7.67. The second kappa shape index (κ2) is 6.38. The number of hydrogen-bond acceptors (Lipinski definition) is 6. The van der Waals surface area contributed by atoms with Crippen LogP contribution in [-0.2, 0) is 27.7 Å². The minimum absolute atomic E-state index is 0.0553. The minimum Gasteiger partial charge on any atom is -0.455 e. The van der Waals surface area contributed by atoms with Gasteiger partial charge in [-0.1, -0.05) is 13.8 Å². The molecule has 0 aliphatic rings. The predicted molar refractivity (Wildman–Crippen MR) is 60.7 cm³/mol. The van der Waals surface area contributed by atoms with Gasteiger partial charge in [0.15, 0.2) is 0 Å². The van der Waals surface area contributed by atoms with E-state index in [2.05, 4.69) is 0 Å². The number of hydrogen-bond donors (Lipinski definition) is 0. The molecule has 0 bridgehead atoms. The van der Waals surface area contributed by atoms with E-state index in [1.807, 2.05) is 13.8 Å². The van der Waals surface area contributed by atoms with Crippen molar-refractivity contribution >= 4 is 26.7 Å². The molecule has 6 nitrogen and oxygen atoms in total.